The summed E-state index contributed by atoms with van der Waals surface area (Å²) in [4.78, 5) is 7.46. The molecule has 2 aliphatic rings. The molecule has 3 atom stereocenters. The second-order valence-electron chi connectivity index (χ2n) is 7.44. The van der Waals surface area contributed by atoms with Crippen molar-refractivity contribution in [2.45, 2.75) is 58.9 Å². The highest BCUT2D eigenvalue weighted by Crippen LogP contribution is 2.62. The van der Waals surface area contributed by atoms with Gasteiger partial charge in [0.15, 0.2) is 0 Å². The van der Waals surface area contributed by atoms with Crippen LogP contribution in [0.5, 0.6) is 0 Å². The summed E-state index contributed by atoms with van der Waals surface area (Å²) in [6.07, 6.45) is 10.2. The molecule has 19 heavy (non-hydrogen) atoms. The normalized spacial score (nSPS) is 35.9. The van der Waals surface area contributed by atoms with E-state index in [4.69, 9.17) is 0 Å². The maximum Gasteiger partial charge on any atom is 0.106 e. The molecule has 0 aliphatic heterocycles. The highest BCUT2D eigenvalue weighted by Gasteiger charge is 2.58. The number of fused-ring (bicyclic) bond motifs is 2. The predicted octanol–water partition coefficient (Wildman–Crippen LogP) is 3.15. The van der Waals surface area contributed by atoms with Crippen LogP contribution in [0.4, 0.5) is 0 Å². The molecule has 0 saturated heterocycles. The molecule has 2 saturated carbocycles. The number of rotatable bonds is 5. The molecule has 3 nitrogen and oxygen atoms in total. The molecule has 1 unspecified atom stereocenters. The molecule has 2 fully saturated rings. The van der Waals surface area contributed by atoms with Crippen molar-refractivity contribution in [3.05, 3.63) is 18.2 Å². The molecule has 1 aromatic heterocycles. The first kappa shape index (κ1) is 13.2. The third-order valence-electron chi connectivity index (χ3n) is 5.76. The number of H-pyrrole nitrogens is 1. The van der Waals surface area contributed by atoms with Gasteiger partial charge in [0.2, 0.25) is 0 Å². The number of nitrogens with one attached hydrogen (secondary N) is 2. The van der Waals surface area contributed by atoms with Gasteiger partial charge in [-0.2, -0.15) is 0 Å². The molecule has 2 N–H and O–H groups in total. The third kappa shape index (κ3) is 2.22. The fraction of sp³-hybridized carbons (Fsp3) is 0.812. The topological polar surface area (TPSA) is 40.7 Å². The lowest BCUT2D eigenvalue weighted by atomic mass is 9.68. The number of aromatic amines is 1. The minimum atomic E-state index is 0.470. The maximum absolute atomic E-state index is 4.28. The third-order valence-corrected chi connectivity index (χ3v) is 5.76. The number of aryl methyl sites for hydroxylation is 1. The summed E-state index contributed by atoms with van der Waals surface area (Å²) >= 11 is 0. The van der Waals surface area contributed by atoms with Crippen molar-refractivity contribution in [1.82, 2.24) is 15.3 Å². The van der Waals surface area contributed by atoms with E-state index in [1.54, 1.807) is 0 Å². The molecule has 0 aromatic carbocycles. The van der Waals surface area contributed by atoms with Crippen LogP contribution in [-0.2, 0) is 6.42 Å². The Morgan fingerprint density at radius 2 is 2.26 bits per heavy atom. The highest BCUT2D eigenvalue weighted by atomic mass is 15.0. The van der Waals surface area contributed by atoms with E-state index in [9.17, 15) is 0 Å². The van der Waals surface area contributed by atoms with Crippen LogP contribution in [0, 0.1) is 16.7 Å². The van der Waals surface area contributed by atoms with Crippen LogP contribution in [0.2, 0.25) is 0 Å². The molecule has 2 bridgehead atoms. The van der Waals surface area contributed by atoms with Crippen LogP contribution >= 0.6 is 0 Å². The number of aromatic nitrogens is 2. The Kier molecular flexibility index (Phi) is 3.20. The number of hydrogen-bond donors (Lipinski definition) is 2. The van der Waals surface area contributed by atoms with Gasteiger partial charge in [-0.3, -0.25) is 0 Å². The summed E-state index contributed by atoms with van der Waals surface area (Å²) in [5.41, 5.74) is 1.01. The van der Waals surface area contributed by atoms with E-state index in [0.29, 0.717) is 16.9 Å². The van der Waals surface area contributed by atoms with Crippen molar-refractivity contribution < 1.29 is 0 Å². The van der Waals surface area contributed by atoms with Crippen LogP contribution in [0.3, 0.4) is 0 Å². The Labute approximate surface area is 116 Å². The predicted molar refractivity (Wildman–Crippen MR) is 77.9 cm³/mol. The number of nitrogens with zero attached hydrogens (tertiary/aromatic N) is 1. The number of imidazole rings is 1. The van der Waals surface area contributed by atoms with Gasteiger partial charge in [0.25, 0.3) is 0 Å². The van der Waals surface area contributed by atoms with Crippen molar-refractivity contribution in [3.63, 3.8) is 0 Å². The lowest BCUT2D eigenvalue weighted by Crippen LogP contribution is -2.50. The van der Waals surface area contributed by atoms with Crippen LogP contribution in [0.15, 0.2) is 12.4 Å². The van der Waals surface area contributed by atoms with E-state index in [-0.39, 0.29) is 0 Å². The molecule has 1 aromatic rings. The van der Waals surface area contributed by atoms with Gasteiger partial charge in [-0.25, -0.2) is 4.98 Å². The first-order chi connectivity index (χ1) is 9.02. The van der Waals surface area contributed by atoms with Crippen molar-refractivity contribution in [2.24, 2.45) is 16.7 Å². The van der Waals surface area contributed by atoms with Crippen LogP contribution in [0.25, 0.3) is 0 Å². The van der Waals surface area contributed by atoms with E-state index in [2.05, 4.69) is 36.1 Å². The molecule has 0 spiro atoms. The summed E-state index contributed by atoms with van der Waals surface area (Å²) in [7, 11) is 0. The average Bonchev–Trinajstić information content (AvgIpc) is 3.01. The second kappa shape index (κ2) is 4.62. The zero-order valence-corrected chi connectivity index (χ0v) is 12.5. The van der Waals surface area contributed by atoms with Gasteiger partial charge in [-0.05, 0) is 49.0 Å². The van der Waals surface area contributed by atoms with Gasteiger partial charge < -0.3 is 10.3 Å². The van der Waals surface area contributed by atoms with Gasteiger partial charge in [-0.1, -0.05) is 20.8 Å². The first-order valence-corrected chi connectivity index (χ1v) is 7.74. The molecule has 3 heteroatoms. The first-order valence-electron chi connectivity index (χ1n) is 7.74. The Morgan fingerprint density at radius 3 is 2.89 bits per heavy atom. The monoisotopic (exact) mass is 261 g/mol. The standard InChI is InChI=1S/C16H27N3/c1-15(2)12-6-7-16(3,11-12)14(15)19-8-4-5-13-17-9-10-18-13/h9-10,12,14,19H,4-8,11H2,1-3H3,(H,17,18)/t12-,14?,16+/m0/s1. The van der Waals surface area contributed by atoms with E-state index >= 15 is 0 Å². The molecule has 106 valence electrons. The summed E-state index contributed by atoms with van der Waals surface area (Å²) in [5.74, 6) is 2.04. The van der Waals surface area contributed by atoms with Gasteiger partial charge in [0, 0.05) is 24.9 Å². The molecule has 2 aliphatic carbocycles. The van der Waals surface area contributed by atoms with Crippen LogP contribution < -0.4 is 5.32 Å². The smallest absolute Gasteiger partial charge is 0.106 e. The quantitative estimate of drug-likeness (QED) is 0.799. The van der Waals surface area contributed by atoms with E-state index < -0.39 is 0 Å². The van der Waals surface area contributed by atoms with Crippen molar-refractivity contribution in [3.8, 4) is 0 Å². The number of hydrogen-bond acceptors (Lipinski definition) is 2. The minimum absolute atomic E-state index is 0.470. The van der Waals surface area contributed by atoms with Crippen molar-refractivity contribution in [1.29, 1.82) is 0 Å². The van der Waals surface area contributed by atoms with Gasteiger partial charge >= 0.3 is 0 Å². The Balaban J connectivity index is 1.52. The van der Waals surface area contributed by atoms with Crippen molar-refractivity contribution in [2.75, 3.05) is 6.54 Å². The van der Waals surface area contributed by atoms with E-state index in [0.717, 1.165) is 24.7 Å². The Hall–Kier alpha value is -0.830. The fourth-order valence-corrected chi connectivity index (χ4v) is 4.75. The molecular weight excluding hydrogens is 234 g/mol. The van der Waals surface area contributed by atoms with Crippen LogP contribution in [-0.4, -0.2) is 22.6 Å². The SMILES string of the molecule is CC1(C)C(NCCCc2ncc[nH]2)[C@]2(C)CC[C@H]1C2. The molecule has 0 radical (unpaired) electrons. The van der Waals surface area contributed by atoms with Gasteiger partial charge in [0.1, 0.15) is 5.82 Å². The molecule has 1 heterocycles. The maximum atomic E-state index is 4.28. The molecular formula is C16H27N3. The molecule has 3 rings (SSSR count). The molecule has 0 amide bonds. The van der Waals surface area contributed by atoms with E-state index in [1.165, 1.54) is 25.7 Å². The zero-order valence-electron chi connectivity index (χ0n) is 12.5. The van der Waals surface area contributed by atoms with Crippen LogP contribution in [0.1, 0.15) is 52.3 Å². The summed E-state index contributed by atoms with van der Waals surface area (Å²) in [6, 6.07) is 0.690. The largest absolute Gasteiger partial charge is 0.349 e. The summed E-state index contributed by atoms with van der Waals surface area (Å²) in [5, 5.41) is 3.86. The van der Waals surface area contributed by atoms with Crippen molar-refractivity contribution >= 4 is 0 Å². The highest BCUT2D eigenvalue weighted by molar-refractivity contribution is 5.11. The lowest BCUT2D eigenvalue weighted by molar-refractivity contribution is 0.109. The Bertz CT molecular complexity index is 418. The summed E-state index contributed by atoms with van der Waals surface area (Å²) in [6.45, 7) is 8.53. The Morgan fingerprint density at radius 1 is 1.42 bits per heavy atom. The second-order valence-corrected chi connectivity index (χ2v) is 7.44. The van der Waals surface area contributed by atoms with Gasteiger partial charge in [0.05, 0.1) is 0 Å². The minimum Gasteiger partial charge on any atom is -0.349 e. The lowest BCUT2D eigenvalue weighted by Gasteiger charge is -2.43. The fourth-order valence-electron chi connectivity index (χ4n) is 4.75. The van der Waals surface area contributed by atoms with E-state index in [1.807, 2.05) is 12.4 Å². The van der Waals surface area contributed by atoms with Gasteiger partial charge in [-0.15, -0.1) is 0 Å². The summed E-state index contributed by atoms with van der Waals surface area (Å²) < 4.78 is 0. The average molecular weight is 261 g/mol. The zero-order chi connectivity index (χ0) is 13.5.